The van der Waals surface area contributed by atoms with E-state index in [0.29, 0.717) is 16.5 Å². The molecule has 2 heterocycles. The average molecular weight is 357 g/mol. The van der Waals surface area contributed by atoms with Gasteiger partial charge in [-0.2, -0.15) is 0 Å². The summed E-state index contributed by atoms with van der Waals surface area (Å²) in [5.74, 6) is 0.500. The molecule has 0 atom stereocenters. The summed E-state index contributed by atoms with van der Waals surface area (Å²) in [5.41, 5.74) is 1.43. The molecule has 1 aromatic carbocycles. The molecule has 0 radical (unpaired) electrons. The first-order chi connectivity index (χ1) is 12.0. The molecular formula is C16H13ClN6O2. The number of aryl methyl sites for hydroxylation is 1. The number of aromatic nitrogens is 3. The fourth-order valence-electron chi connectivity index (χ4n) is 2.17. The molecule has 0 bridgehead atoms. The van der Waals surface area contributed by atoms with Gasteiger partial charge in [-0.3, -0.25) is 10.1 Å². The van der Waals surface area contributed by atoms with Crippen LogP contribution >= 0.6 is 11.6 Å². The van der Waals surface area contributed by atoms with Gasteiger partial charge in [-0.25, -0.2) is 15.0 Å². The predicted octanol–water partition coefficient (Wildman–Crippen LogP) is 4.23. The number of nitrogens with zero attached hydrogens (tertiary/aromatic N) is 4. The van der Waals surface area contributed by atoms with Gasteiger partial charge in [-0.15, -0.1) is 0 Å². The summed E-state index contributed by atoms with van der Waals surface area (Å²) in [4.78, 5) is 23.0. The van der Waals surface area contributed by atoms with Gasteiger partial charge in [0.15, 0.2) is 0 Å². The Morgan fingerprint density at radius 2 is 1.84 bits per heavy atom. The van der Waals surface area contributed by atoms with Crippen molar-refractivity contribution in [1.82, 2.24) is 15.0 Å². The minimum absolute atomic E-state index is 0.0324. The highest BCUT2D eigenvalue weighted by Gasteiger charge is 2.23. The van der Waals surface area contributed by atoms with Crippen LogP contribution in [0.2, 0.25) is 5.02 Å². The highest BCUT2D eigenvalue weighted by molar-refractivity contribution is 6.30. The molecule has 0 fully saturated rings. The van der Waals surface area contributed by atoms with Crippen molar-refractivity contribution in [3.8, 4) is 0 Å². The van der Waals surface area contributed by atoms with Crippen molar-refractivity contribution in [3.05, 3.63) is 69.6 Å². The van der Waals surface area contributed by atoms with Gasteiger partial charge >= 0.3 is 5.69 Å². The maximum Gasteiger partial charge on any atom is 0.353 e. The van der Waals surface area contributed by atoms with Crippen LogP contribution in [-0.4, -0.2) is 19.9 Å². The van der Waals surface area contributed by atoms with Crippen LogP contribution in [0.5, 0.6) is 0 Å². The normalized spacial score (nSPS) is 10.3. The Labute approximate surface area is 148 Å². The highest BCUT2D eigenvalue weighted by atomic mass is 35.5. The van der Waals surface area contributed by atoms with Crippen LogP contribution in [0.15, 0.2) is 48.9 Å². The Hall–Kier alpha value is -3.26. The van der Waals surface area contributed by atoms with Gasteiger partial charge in [0.2, 0.25) is 11.6 Å². The molecule has 2 N–H and O–H groups in total. The topological polar surface area (TPSA) is 106 Å². The zero-order valence-electron chi connectivity index (χ0n) is 13.1. The Bertz CT molecular complexity index is 917. The largest absolute Gasteiger partial charge is 0.353 e. The number of halogens is 1. The molecule has 8 nitrogen and oxygen atoms in total. The van der Waals surface area contributed by atoms with Gasteiger partial charge in [0.1, 0.15) is 12.1 Å². The van der Waals surface area contributed by atoms with Gasteiger partial charge in [-0.05, 0) is 36.8 Å². The van der Waals surface area contributed by atoms with E-state index < -0.39 is 4.92 Å². The number of hydrogen-bond acceptors (Lipinski definition) is 7. The van der Waals surface area contributed by atoms with E-state index in [1.54, 1.807) is 18.2 Å². The summed E-state index contributed by atoms with van der Waals surface area (Å²) < 4.78 is 0. The summed E-state index contributed by atoms with van der Waals surface area (Å²) >= 11 is 5.79. The number of rotatable bonds is 5. The lowest BCUT2D eigenvalue weighted by molar-refractivity contribution is -0.383. The van der Waals surface area contributed by atoms with Crippen molar-refractivity contribution in [2.45, 2.75) is 6.92 Å². The Kier molecular flexibility index (Phi) is 4.71. The second-order valence-electron chi connectivity index (χ2n) is 5.16. The maximum absolute atomic E-state index is 11.5. The highest BCUT2D eigenvalue weighted by Crippen LogP contribution is 2.32. The van der Waals surface area contributed by atoms with Crippen molar-refractivity contribution in [2.75, 3.05) is 10.6 Å². The lowest BCUT2D eigenvalue weighted by Crippen LogP contribution is -2.06. The quantitative estimate of drug-likeness (QED) is 0.520. The third-order valence-electron chi connectivity index (χ3n) is 3.26. The van der Waals surface area contributed by atoms with Crippen LogP contribution in [0.4, 0.5) is 28.8 Å². The molecule has 3 rings (SSSR count). The standard InChI is InChI=1S/C16H13ClN6O2/c1-10-3-2-4-12(7-10)21-15-14(23(24)25)16(20-9-19-15)22-13-6-5-11(17)8-18-13/h2-9H,1H3,(H2,18,19,20,21,22). The maximum atomic E-state index is 11.5. The molecular weight excluding hydrogens is 344 g/mol. The molecule has 25 heavy (non-hydrogen) atoms. The van der Waals surface area contributed by atoms with E-state index >= 15 is 0 Å². The van der Waals surface area contributed by atoms with Crippen LogP contribution in [0.3, 0.4) is 0 Å². The third kappa shape index (κ3) is 3.99. The number of nitro groups is 1. The summed E-state index contributed by atoms with van der Waals surface area (Å²) in [6.07, 6.45) is 2.67. The second-order valence-corrected chi connectivity index (χ2v) is 5.59. The molecule has 0 aliphatic carbocycles. The number of benzene rings is 1. The van der Waals surface area contributed by atoms with E-state index in [1.165, 1.54) is 12.5 Å². The average Bonchev–Trinajstić information content (AvgIpc) is 2.57. The molecule has 126 valence electrons. The van der Waals surface area contributed by atoms with Crippen molar-refractivity contribution < 1.29 is 4.92 Å². The molecule has 0 saturated heterocycles. The van der Waals surface area contributed by atoms with Crippen molar-refractivity contribution in [2.24, 2.45) is 0 Å². The molecule has 3 aromatic rings. The lowest BCUT2D eigenvalue weighted by atomic mass is 10.2. The minimum atomic E-state index is -0.545. The first-order valence-corrected chi connectivity index (χ1v) is 7.62. The van der Waals surface area contributed by atoms with Crippen molar-refractivity contribution >= 4 is 40.4 Å². The fourth-order valence-corrected chi connectivity index (χ4v) is 2.28. The zero-order valence-corrected chi connectivity index (χ0v) is 13.9. The molecule has 0 aliphatic rings. The van der Waals surface area contributed by atoms with Crippen LogP contribution in [0.25, 0.3) is 0 Å². The first-order valence-electron chi connectivity index (χ1n) is 7.24. The van der Waals surface area contributed by atoms with Crippen LogP contribution in [-0.2, 0) is 0 Å². The number of nitrogens with one attached hydrogen (secondary N) is 2. The number of hydrogen-bond donors (Lipinski definition) is 2. The minimum Gasteiger partial charge on any atom is -0.334 e. The Morgan fingerprint density at radius 1 is 1.08 bits per heavy atom. The van der Waals surface area contributed by atoms with Crippen LogP contribution < -0.4 is 10.6 Å². The van der Waals surface area contributed by atoms with Gasteiger partial charge < -0.3 is 10.6 Å². The summed E-state index contributed by atoms with van der Waals surface area (Å²) in [5, 5.41) is 17.8. The van der Waals surface area contributed by atoms with E-state index in [4.69, 9.17) is 11.6 Å². The molecule has 0 spiro atoms. The zero-order chi connectivity index (χ0) is 17.8. The van der Waals surface area contributed by atoms with Gasteiger partial charge in [0.25, 0.3) is 0 Å². The van der Waals surface area contributed by atoms with E-state index in [0.717, 1.165) is 5.56 Å². The summed E-state index contributed by atoms with van der Waals surface area (Å²) in [7, 11) is 0. The van der Waals surface area contributed by atoms with Gasteiger partial charge in [0.05, 0.1) is 9.95 Å². The smallest absolute Gasteiger partial charge is 0.334 e. The lowest BCUT2D eigenvalue weighted by Gasteiger charge is -2.10. The second kappa shape index (κ2) is 7.10. The predicted molar refractivity (Wildman–Crippen MR) is 95.7 cm³/mol. The monoisotopic (exact) mass is 356 g/mol. The Morgan fingerprint density at radius 3 is 2.48 bits per heavy atom. The third-order valence-corrected chi connectivity index (χ3v) is 3.48. The summed E-state index contributed by atoms with van der Waals surface area (Å²) in [6, 6.07) is 10.7. The number of pyridine rings is 1. The van der Waals surface area contributed by atoms with Crippen LogP contribution in [0, 0.1) is 17.0 Å². The molecule has 0 saturated carbocycles. The first kappa shape index (κ1) is 16.6. The SMILES string of the molecule is Cc1cccc(Nc2ncnc(Nc3ccc(Cl)cn3)c2[N+](=O)[O-])c1. The van der Waals surface area contributed by atoms with E-state index in [1.807, 2.05) is 25.1 Å². The Balaban J connectivity index is 1.96. The molecule has 0 aliphatic heterocycles. The van der Waals surface area contributed by atoms with Crippen molar-refractivity contribution in [1.29, 1.82) is 0 Å². The van der Waals surface area contributed by atoms with Crippen molar-refractivity contribution in [3.63, 3.8) is 0 Å². The van der Waals surface area contributed by atoms with Gasteiger partial charge in [0, 0.05) is 11.9 Å². The van der Waals surface area contributed by atoms with E-state index in [2.05, 4.69) is 25.6 Å². The molecule has 0 unspecified atom stereocenters. The van der Waals surface area contributed by atoms with E-state index in [9.17, 15) is 10.1 Å². The summed E-state index contributed by atoms with van der Waals surface area (Å²) in [6.45, 7) is 1.93. The fraction of sp³-hybridized carbons (Fsp3) is 0.0625. The van der Waals surface area contributed by atoms with Gasteiger partial charge in [-0.1, -0.05) is 23.7 Å². The van der Waals surface area contributed by atoms with E-state index in [-0.39, 0.29) is 17.3 Å². The van der Waals surface area contributed by atoms with Crippen LogP contribution in [0.1, 0.15) is 5.56 Å². The molecule has 2 aromatic heterocycles. The molecule has 9 heteroatoms. The molecule has 0 amide bonds. The number of anilines is 4.